The molecule has 0 aromatic heterocycles. The third-order valence-corrected chi connectivity index (χ3v) is 2.73. The summed E-state index contributed by atoms with van der Waals surface area (Å²) in [7, 11) is 0. The summed E-state index contributed by atoms with van der Waals surface area (Å²) in [6, 6.07) is 10.2. The summed E-state index contributed by atoms with van der Waals surface area (Å²) in [5.41, 5.74) is 3.75. The summed E-state index contributed by atoms with van der Waals surface area (Å²) < 4.78 is 18.0. The zero-order valence-electron chi connectivity index (χ0n) is 11.8. The second-order valence-electron chi connectivity index (χ2n) is 4.29. The van der Waals surface area contributed by atoms with Crippen LogP contribution >= 0.6 is 0 Å². The van der Waals surface area contributed by atoms with Crippen LogP contribution in [0.25, 0.3) is 0 Å². The fraction of sp³-hybridized carbons (Fsp3) is 0.133. The van der Waals surface area contributed by atoms with Gasteiger partial charge in [-0.1, -0.05) is 0 Å². The van der Waals surface area contributed by atoms with Crippen LogP contribution in [0.1, 0.15) is 12.5 Å². The van der Waals surface area contributed by atoms with Crippen LogP contribution in [0.3, 0.4) is 0 Å². The van der Waals surface area contributed by atoms with Gasteiger partial charge in [0.05, 0.1) is 23.4 Å². The number of hydrogen-bond donors (Lipinski definition) is 1. The highest BCUT2D eigenvalue weighted by atomic mass is 19.1. The van der Waals surface area contributed by atoms with E-state index in [4.69, 9.17) is 4.74 Å². The Kier molecular flexibility index (Phi) is 5.02. The summed E-state index contributed by atoms with van der Waals surface area (Å²) in [5, 5.41) is 15.0. The molecule has 6 nitrogen and oxygen atoms in total. The maximum atomic E-state index is 12.8. The lowest BCUT2D eigenvalue weighted by Gasteiger charge is -2.04. The third kappa shape index (κ3) is 4.02. The van der Waals surface area contributed by atoms with Crippen molar-refractivity contribution in [3.05, 3.63) is 64.0 Å². The minimum absolute atomic E-state index is 0.118. The van der Waals surface area contributed by atoms with Gasteiger partial charge in [0.1, 0.15) is 5.82 Å². The number of hydrazone groups is 1. The second-order valence-corrected chi connectivity index (χ2v) is 4.29. The average Bonchev–Trinajstić information content (AvgIpc) is 2.50. The van der Waals surface area contributed by atoms with Gasteiger partial charge in [-0.3, -0.25) is 15.5 Å². The maximum Gasteiger partial charge on any atom is 0.311 e. The van der Waals surface area contributed by atoms with Crippen molar-refractivity contribution in [3.8, 4) is 5.75 Å². The minimum Gasteiger partial charge on any atom is -0.487 e. The van der Waals surface area contributed by atoms with Gasteiger partial charge < -0.3 is 4.74 Å². The van der Waals surface area contributed by atoms with E-state index in [0.29, 0.717) is 17.9 Å². The minimum atomic E-state index is -0.504. The van der Waals surface area contributed by atoms with Crippen molar-refractivity contribution in [1.82, 2.24) is 0 Å². The second kappa shape index (κ2) is 7.16. The molecule has 0 spiro atoms. The van der Waals surface area contributed by atoms with Gasteiger partial charge in [-0.2, -0.15) is 5.10 Å². The Morgan fingerprint density at radius 1 is 1.32 bits per heavy atom. The van der Waals surface area contributed by atoms with Crippen LogP contribution in [0.4, 0.5) is 15.8 Å². The van der Waals surface area contributed by atoms with E-state index in [1.54, 1.807) is 13.0 Å². The van der Waals surface area contributed by atoms with Gasteiger partial charge in [0.15, 0.2) is 5.75 Å². The molecule has 0 amide bonds. The first kappa shape index (κ1) is 15.4. The Balaban J connectivity index is 2.12. The first-order valence-corrected chi connectivity index (χ1v) is 6.56. The maximum absolute atomic E-state index is 12.8. The number of anilines is 1. The molecule has 2 aromatic carbocycles. The van der Waals surface area contributed by atoms with Gasteiger partial charge in [-0.15, -0.1) is 0 Å². The number of nitro benzene ring substituents is 1. The summed E-state index contributed by atoms with van der Waals surface area (Å²) in [6.45, 7) is 2.10. The van der Waals surface area contributed by atoms with Crippen molar-refractivity contribution in [2.75, 3.05) is 12.0 Å². The summed E-state index contributed by atoms with van der Waals surface area (Å²) >= 11 is 0. The SMILES string of the molecule is CCOc1ccc(/C=N/Nc2ccc(F)cc2)cc1[N+](=O)[O-]. The van der Waals surface area contributed by atoms with Crippen molar-refractivity contribution in [3.63, 3.8) is 0 Å². The Morgan fingerprint density at radius 3 is 2.68 bits per heavy atom. The van der Waals surface area contributed by atoms with Gasteiger partial charge >= 0.3 is 5.69 Å². The molecule has 22 heavy (non-hydrogen) atoms. The van der Waals surface area contributed by atoms with Gasteiger partial charge in [0, 0.05) is 11.6 Å². The topological polar surface area (TPSA) is 76.8 Å². The lowest BCUT2D eigenvalue weighted by atomic mass is 10.2. The molecule has 0 aliphatic heterocycles. The van der Waals surface area contributed by atoms with Crippen LogP contribution in [0.15, 0.2) is 47.6 Å². The first-order valence-electron chi connectivity index (χ1n) is 6.56. The van der Waals surface area contributed by atoms with E-state index in [1.807, 2.05) is 0 Å². The highest BCUT2D eigenvalue weighted by Crippen LogP contribution is 2.27. The van der Waals surface area contributed by atoms with Gasteiger partial charge in [0.25, 0.3) is 0 Å². The Bertz CT molecular complexity index is 687. The van der Waals surface area contributed by atoms with Gasteiger partial charge in [-0.05, 0) is 43.3 Å². The van der Waals surface area contributed by atoms with Crippen LogP contribution in [0.2, 0.25) is 0 Å². The lowest BCUT2D eigenvalue weighted by molar-refractivity contribution is -0.385. The van der Waals surface area contributed by atoms with Crippen molar-refractivity contribution in [1.29, 1.82) is 0 Å². The summed E-state index contributed by atoms with van der Waals surface area (Å²) in [4.78, 5) is 10.5. The molecule has 0 radical (unpaired) electrons. The monoisotopic (exact) mass is 303 g/mol. The van der Waals surface area contributed by atoms with Gasteiger partial charge in [0.2, 0.25) is 0 Å². The fourth-order valence-corrected chi connectivity index (χ4v) is 1.74. The molecular formula is C15H14FN3O3. The molecular weight excluding hydrogens is 289 g/mol. The lowest BCUT2D eigenvalue weighted by Crippen LogP contribution is -1.99. The number of benzene rings is 2. The van der Waals surface area contributed by atoms with Crippen LogP contribution in [-0.4, -0.2) is 17.7 Å². The van der Waals surface area contributed by atoms with Crippen molar-refractivity contribution in [2.24, 2.45) is 5.10 Å². The molecule has 7 heteroatoms. The molecule has 0 saturated heterocycles. The zero-order chi connectivity index (χ0) is 15.9. The van der Waals surface area contributed by atoms with Crippen LogP contribution in [0.5, 0.6) is 5.75 Å². The molecule has 0 atom stereocenters. The highest BCUT2D eigenvalue weighted by Gasteiger charge is 2.14. The molecule has 114 valence electrons. The zero-order valence-corrected chi connectivity index (χ0v) is 11.8. The first-order chi connectivity index (χ1) is 10.6. The summed E-state index contributed by atoms with van der Waals surface area (Å²) in [6.07, 6.45) is 1.44. The third-order valence-electron chi connectivity index (χ3n) is 2.73. The van der Waals surface area contributed by atoms with Crippen molar-refractivity contribution >= 4 is 17.6 Å². The summed E-state index contributed by atoms with van der Waals surface area (Å²) in [5.74, 6) is -0.118. The quantitative estimate of drug-likeness (QED) is 0.502. The number of hydrogen-bond acceptors (Lipinski definition) is 5. The number of ether oxygens (including phenoxy) is 1. The Hall–Kier alpha value is -2.96. The number of nitrogens with one attached hydrogen (secondary N) is 1. The van der Waals surface area contributed by atoms with Crippen LogP contribution < -0.4 is 10.2 Å². The largest absolute Gasteiger partial charge is 0.487 e. The Morgan fingerprint density at radius 2 is 2.05 bits per heavy atom. The predicted octanol–water partition coefficient (Wildman–Crippen LogP) is 3.58. The molecule has 0 aliphatic rings. The Labute approximate surface area is 126 Å². The molecule has 0 aliphatic carbocycles. The normalized spacial score (nSPS) is 10.6. The predicted molar refractivity (Wildman–Crippen MR) is 81.9 cm³/mol. The smallest absolute Gasteiger partial charge is 0.311 e. The average molecular weight is 303 g/mol. The number of halogens is 1. The van der Waals surface area contributed by atoms with E-state index >= 15 is 0 Å². The standard InChI is InChI=1S/C15H14FN3O3/c1-2-22-15-8-3-11(9-14(15)19(20)21)10-17-18-13-6-4-12(16)5-7-13/h3-10,18H,2H2,1H3/b17-10+. The van der Waals surface area contributed by atoms with E-state index in [9.17, 15) is 14.5 Å². The highest BCUT2D eigenvalue weighted by molar-refractivity contribution is 5.82. The van der Waals surface area contributed by atoms with E-state index in [2.05, 4.69) is 10.5 Å². The van der Waals surface area contributed by atoms with E-state index in [0.717, 1.165) is 0 Å². The van der Waals surface area contributed by atoms with Crippen molar-refractivity contribution < 1.29 is 14.1 Å². The molecule has 0 unspecified atom stereocenters. The molecule has 2 rings (SSSR count). The molecule has 2 aromatic rings. The van der Waals surface area contributed by atoms with Crippen molar-refractivity contribution in [2.45, 2.75) is 6.92 Å². The van der Waals surface area contributed by atoms with E-state index in [1.165, 1.54) is 42.6 Å². The van der Waals surface area contributed by atoms with Gasteiger partial charge in [-0.25, -0.2) is 4.39 Å². The molecule has 0 saturated carbocycles. The molecule has 0 fully saturated rings. The fourth-order valence-electron chi connectivity index (χ4n) is 1.74. The van der Waals surface area contributed by atoms with Crippen LogP contribution in [-0.2, 0) is 0 Å². The van der Waals surface area contributed by atoms with E-state index < -0.39 is 4.92 Å². The molecule has 0 bridgehead atoms. The van der Waals surface area contributed by atoms with E-state index in [-0.39, 0.29) is 17.3 Å². The number of nitrogens with zero attached hydrogens (tertiary/aromatic N) is 2. The molecule has 0 heterocycles. The number of rotatable bonds is 6. The molecule has 1 N–H and O–H groups in total. The number of nitro groups is 1. The van der Waals surface area contributed by atoms with Crippen LogP contribution in [0, 0.1) is 15.9 Å².